The summed E-state index contributed by atoms with van der Waals surface area (Å²) in [7, 11) is 3.63. The molecule has 1 saturated carbocycles. The van der Waals surface area contributed by atoms with Crippen LogP contribution in [0.1, 0.15) is 38.5 Å². The molecule has 1 aromatic carbocycles. The Bertz CT molecular complexity index is 739. The zero-order valence-electron chi connectivity index (χ0n) is 17.1. The Morgan fingerprint density at radius 3 is 2.79 bits per heavy atom. The molecule has 0 atom stereocenters. The molecular formula is C21H34IN5O. The van der Waals surface area contributed by atoms with Crippen LogP contribution in [0.5, 0.6) is 0 Å². The van der Waals surface area contributed by atoms with Gasteiger partial charge in [-0.25, -0.2) is 4.98 Å². The molecule has 1 aromatic heterocycles. The molecule has 6 nitrogen and oxygen atoms in total. The Labute approximate surface area is 185 Å². The zero-order chi connectivity index (χ0) is 19.0. The van der Waals surface area contributed by atoms with Gasteiger partial charge in [0.15, 0.2) is 5.96 Å². The van der Waals surface area contributed by atoms with E-state index in [1.54, 1.807) is 7.11 Å². The number of nitrogens with one attached hydrogen (secondary N) is 2. The Balaban J connectivity index is 0.00000280. The van der Waals surface area contributed by atoms with Gasteiger partial charge in [0.05, 0.1) is 17.4 Å². The number of hydrogen-bond donors (Lipinski definition) is 2. The van der Waals surface area contributed by atoms with E-state index in [-0.39, 0.29) is 24.0 Å². The van der Waals surface area contributed by atoms with Crippen molar-refractivity contribution in [3.63, 3.8) is 0 Å². The van der Waals surface area contributed by atoms with Crippen molar-refractivity contribution in [2.24, 2.45) is 10.4 Å². The number of aromatic nitrogens is 2. The van der Waals surface area contributed by atoms with Crippen molar-refractivity contribution in [1.82, 2.24) is 20.2 Å². The van der Waals surface area contributed by atoms with E-state index in [0.29, 0.717) is 5.41 Å². The van der Waals surface area contributed by atoms with Gasteiger partial charge in [-0.15, -0.1) is 24.0 Å². The fraction of sp³-hybridized carbons (Fsp3) is 0.619. The standard InChI is InChI=1S/C21H33N5O.HI/c1-22-20(24-16-21(12-15-27-2)10-5-6-11-21)23-13-7-14-26-17-25-18-8-3-4-9-19(18)26;/h3-4,8-9,17H,5-7,10-16H2,1-2H3,(H2,22,23,24);1H. The predicted octanol–water partition coefficient (Wildman–Crippen LogP) is 3.81. The van der Waals surface area contributed by atoms with Crippen LogP contribution in [0.4, 0.5) is 0 Å². The summed E-state index contributed by atoms with van der Waals surface area (Å²) in [6, 6.07) is 8.27. The maximum atomic E-state index is 5.33. The van der Waals surface area contributed by atoms with Gasteiger partial charge in [0.2, 0.25) is 0 Å². The highest BCUT2D eigenvalue weighted by atomic mass is 127. The van der Waals surface area contributed by atoms with Gasteiger partial charge < -0.3 is 19.9 Å². The van der Waals surface area contributed by atoms with Crippen LogP contribution >= 0.6 is 24.0 Å². The topological polar surface area (TPSA) is 63.5 Å². The minimum Gasteiger partial charge on any atom is -0.385 e. The van der Waals surface area contributed by atoms with Crippen molar-refractivity contribution in [1.29, 1.82) is 0 Å². The largest absolute Gasteiger partial charge is 0.385 e. The van der Waals surface area contributed by atoms with E-state index in [4.69, 9.17) is 4.74 Å². The number of aliphatic imine (C=N–C) groups is 1. The lowest BCUT2D eigenvalue weighted by Gasteiger charge is -2.30. The number of rotatable bonds is 9. The van der Waals surface area contributed by atoms with Crippen LogP contribution in [0.3, 0.4) is 0 Å². The van der Waals surface area contributed by atoms with Gasteiger partial charge in [0.25, 0.3) is 0 Å². The molecule has 2 N–H and O–H groups in total. The van der Waals surface area contributed by atoms with Crippen molar-refractivity contribution < 1.29 is 4.74 Å². The minimum absolute atomic E-state index is 0. The van der Waals surface area contributed by atoms with Crippen LogP contribution in [-0.4, -0.2) is 49.4 Å². The van der Waals surface area contributed by atoms with E-state index in [2.05, 4.69) is 43.4 Å². The van der Waals surface area contributed by atoms with Crippen LogP contribution in [0.15, 0.2) is 35.6 Å². The molecule has 7 heteroatoms. The molecule has 0 radical (unpaired) electrons. The summed E-state index contributed by atoms with van der Waals surface area (Å²) < 4.78 is 7.54. The second-order valence-electron chi connectivity index (χ2n) is 7.58. The number of nitrogens with zero attached hydrogens (tertiary/aromatic N) is 3. The summed E-state index contributed by atoms with van der Waals surface area (Å²) in [4.78, 5) is 8.84. The van der Waals surface area contributed by atoms with E-state index in [1.165, 1.54) is 31.2 Å². The van der Waals surface area contributed by atoms with Gasteiger partial charge in [-0.2, -0.15) is 0 Å². The first-order valence-electron chi connectivity index (χ1n) is 10.1. The molecule has 1 heterocycles. The third-order valence-electron chi connectivity index (χ3n) is 5.75. The molecule has 1 fully saturated rings. The number of para-hydroxylation sites is 2. The molecular weight excluding hydrogens is 465 g/mol. The van der Waals surface area contributed by atoms with Crippen molar-refractivity contribution >= 4 is 41.0 Å². The third-order valence-corrected chi connectivity index (χ3v) is 5.75. The van der Waals surface area contributed by atoms with Crippen molar-refractivity contribution in [2.75, 3.05) is 33.9 Å². The first-order valence-corrected chi connectivity index (χ1v) is 10.1. The van der Waals surface area contributed by atoms with Gasteiger partial charge >= 0.3 is 0 Å². The van der Waals surface area contributed by atoms with Gasteiger partial charge in [-0.3, -0.25) is 4.99 Å². The number of aryl methyl sites for hydroxylation is 1. The average molecular weight is 499 g/mol. The van der Waals surface area contributed by atoms with E-state index in [1.807, 2.05) is 19.4 Å². The Morgan fingerprint density at radius 2 is 2.04 bits per heavy atom. The summed E-state index contributed by atoms with van der Waals surface area (Å²) in [5.74, 6) is 0.897. The number of halogens is 1. The predicted molar refractivity (Wildman–Crippen MR) is 127 cm³/mol. The number of hydrogen-bond acceptors (Lipinski definition) is 3. The minimum atomic E-state index is 0. The van der Waals surface area contributed by atoms with Gasteiger partial charge in [-0.05, 0) is 43.2 Å². The monoisotopic (exact) mass is 499 g/mol. The van der Waals surface area contributed by atoms with Crippen LogP contribution in [-0.2, 0) is 11.3 Å². The lowest BCUT2D eigenvalue weighted by atomic mass is 9.83. The molecule has 1 aliphatic carbocycles. The molecule has 0 amide bonds. The number of methoxy groups -OCH3 is 1. The van der Waals surface area contributed by atoms with Crippen molar-refractivity contribution in [2.45, 2.75) is 45.1 Å². The van der Waals surface area contributed by atoms with E-state index in [9.17, 15) is 0 Å². The molecule has 1 aliphatic rings. The Hall–Kier alpha value is -1.35. The molecule has 28 heavy (non-hydrogen) atoms. The highest BCUT2D eigenvalue weighted by molar-refractivity contribution is 14.0. The molecule has 0 bridgehead atoms. The number of ether oxygens (including phenoxy) is 1. The molecule has 0 spiro atoms. The van der Waals surface area contributed by atoms with Gasteiger partial charge in [-0.1, -0.05) is 25.0 Å². The van der Waals surface area contributed by atoms with E-state index < -0.39 is 0 Å². The molecule has 0 saturated heterocycles. The average Bonchev–Trinajstić information content (AvgIpc) is 3.34. The normalized spacial score (nSPS) is 16.1. The smallest absolute Gasteiger partial charge is 0.190 e. The number of guanidine groups is 1. The van der Waals surface area contributed by atoms with E-state index in [0.717, 1.165) is 50.6 Å². The van der Waals surface area contributed by atoms with Crippen LogP contribution in [0.25, 0.3) is 11.0 Å². The maximum absolute atomic E-state index is 5.33. The van der Waals surface area contributed by atoms with Crippen molar-refractivity contribution in [3.05, 3.63) is 30.6 Å². The lowest BCUT2D eigenvalue weighted by Crippen LogP contribution is -2.43. The summed E-state index contributed by atoms with van der Waals surface area (Å²) in [6.45, 7) is 3.65. The Morgan fingerprint density at radius 1 is 1.25 bits per heavy atom. The van der Waals surface area contributed by atoms with Gasteiger partial charge in [0, 0.05) is 40.4 Å². The molecule has 3 rings (SSSR count). The molecule has 2 aromatic rings. The fourth-order valence-electron chi connectivity index (χ4n) is 4.10. The highest BCUT2D eigenvalue weighted by Crippen LogP contribution is 2.40. The second kappa shape index (κ2) is 11.6. The van der Waals surface area contributed by atoms with E-state index >= 15 is 0 Å². The number of imidazole rings is 1. The Kier molecular flexibility index (Phi) is 9.50. The van der Waals surface area contributed by atoms with Gasteiger partial charge in [0.1, 0.15) is 0 Å². The van der Waals surface area contributed by atoms with Crippen LogP contribution < -0.4 is 10.6 Å². The van der Waals surface area contributed by atoms with Crippen molar-refractivity contribution in [3.8, 4) is 0 Å². The first kappa shape index (κ1) is 22.9. The number of benzene rings is 1. The SMILES string of the molecule is CN=C(NCCCn1cnc2ccccc21)NCC1(CCOC)CCCC1.I. The third kappa shape index (κ3) is 6.07. The molecule has 0 aliphatic heterocycles. The highest BCUT2D eigenvalue weighted by Gasteiger charge is 2.33. The molecule has 0 unspecified atom stereocenters. The zero-order valence-corrected chi connectivity index (χ0v) is 19.4. The first-order chi connectivity index (χ1) is 13.3. The van der Waals surface area contributed by atoms with Crippen LogP contribution in [0.2, 0.25) is 0 Å². The van der Waals surface area contributed by atoms with Crippen LogP contribution in [0, 0.1) is 5.41 Å². The maximum Gasteiger partial charge on any atom is 0.190 e. The summed E-state index contributed by atoms with van der Waals surface area (Å²) in [6.07, 6.45) is 9.31. The summed E-state index contributed by atoms with van der Waals surface area (Å²) >= 11 is 0. The second-order valence-corrected chi connectivity index (χ2v) is 7.58. The fourth-order valence-corrected chi connectivity index (χ4v) is 4.10. The summed E-state index contributed by atoms with van der Waals surface area (Å²) in [5.41, 5.74) is 2.62. The lowest BCUT2D eigenvalue weighted by molar-refractivity contribution is 0.138. The molecule has 156 valence electrons. The quantitative estimate of drug-likeness (QED) is 0.239. The summed E-state index contributed by atoms with van der Waals surface area (Å²) in [5, 5.41) is 7.00. The number of fused-ring (bicyclic) bond motifs is 1.